The van der Waals surface area contributed by atoms with Gasteiger partial charge >= 0.3 is 5.97 Å². The highest BCUT2D eigenvalue weighted by atomic mass is 32.2. The zero-order chi connectivity index (χ0) is 17.8. The SMILES string of the molecule is CCc1oc(C(=O)OC)cc1S(=O)(=O)NCC1(COC)CCCN1. The molecule has 2 N–H and O–H groups in total. The highest BCUT2D eigenvalue weighted by molar-refractivity contribution is 7.89. The van der Waals surface area contributed by atoms with Crippen molar-refractivity contribution in [2.24, 2.45) is 0 Å². The Morgan fingerprint density at radius 1 is 1.46 bits per heavy atom. The Morgan fingerprint density at radius 3 is 2.75 bits per heavy atom. The molecule has 0 amide bonds. The Labute approximate surface area is 141 Å². The van der Waals surface area contributed by atoms with Crippen LogP contribution in [0.1, 0.15) is 36.1 Å². The van der Waals surface area contributed by atoms with Crippen LogP contribution in [0.3, 0.4) is 0 Å². The van der Waals surface area contributed by atoms with Gasteiger partial charge in [-0.05, 0) is 19.4 Å². The standard InChI is InChI=1S/C15H24N2O6S/c1-4-11-13(8-12(23-11)14(18)22-3)24(19,20)17-9-15(10-21-2)6-5-7-16-15/h8,16-17H,4-7,9-10H2,1-3H3. The molecule has 0 aromatic carbocycles. The molecule has 2 heterocycles. The van der Waals surface area contributed by atoms with E-state index in [-0.39, 0.29) is 23.0 Å². The van der Waals surface area contributed by atoms with Gasteiger partial charge in [-0.25, -0.2) is 17.9 Å². The quantitative estimate of drug-likeness (QED) is 0.656. The van der Waals surface area contributed by atoms with E-state index in [0.29, 0.717) is 13.0 Å². The van der Waals surface area contributed by atoms with Crippen molar-refractivity contribution in [1.29, 1.82) is 0 Å². The molecule has 1 unspecified atom stereocenters. The van der Waals surface area contributed by atoms with Crippen LogP contribution < -0.4 is 10.0 Å². The van der Waals surface area contributed by atoms with Crippen molar-refractivity contribution >= 4 is 16.0 Å². The molecule has 1 aromatic heterocycles. The summed E-state index contributed by atoms with van der Waals surface area (Å²) in [6, 6.07) is 1.21. The van der Waals surface area contributed by atoms with Gasteiger partial charge in [0.05, 0.1) is 19.3 Å². The molecule has 24 heavy (non-hydrogen) atoms. The second-order valence-electron chi connectivity index (χ2n) is 5.81. The normalized spacial score (nSPS) is 21.1. The number of nitrogens with one attached hydrogen (secondary N) is 2. The Morgan fingerprint density at radius 2 is 2.21 bits per heavy atom. The lowest BCUT2D eigenvalue weighted by Crippen LogP contribution is -2.52. The van der Waals surface area contributed by atoms with Gasteiger partial charge in [0.1, 0.15) is 10.7 Å². The Balaban J connectivity index is 2.20. The Bertz CT molecular complexity index is 676. The van der Waals surface area contributed by atoms with E-state index < -0.39 is 21.5 Å². The number of aryl methyl sites for hydroxylation is 1. The summed E-state index contributed by atoms with van der Waals surface area (Å²) in [4.78, 5) is 11.5. The summed E-state index contributed by atoms with van der Waals surface area (Å²) < 4.78 is 43.0. The maximum absolute atomic E-state index is 12.6. The molecule has 8 nitrogen and oxygen atoms in total. The molecule has 1 aliphatic rings. The lowest BCUT2D eigenvalue weighted by Gasteiger charge is -2.28. The first-order valence-corrected chi connectivity index (χ1v) is 9.30. The van der Waals surface area contributed by atoms with E-state index in [1.54, 1.807) is 14.0 Å². The third kappa shape index (κ3) is 3.97. The zero-order valence-corrected chi connectivity index (χ0v) is 15.0. The largest absolute Gasteiger partial charge is 0.463 e. The molecule has 0 aliphatic carbocycles. The highest BCUT2D eigenvalue weighted by Gasteiger charge is 2.35. The predicted molar refractivity (Wildman–Crippen MR) is 86.5 cm³/mol. The van der Waals surface area contributed by atoms with Crippen molar-refractivity contribution < 1.29 is 27.1 Å². The molecule has 2 rings (SSSR count). The highest BCUT2D eigenvalue weighted by Crippen LogP contribution is 2.24. The van der Waals surface area contributed by atoms with Crippen molar-refractivity contribution in [2.45, 2.75) is 36.6 Å². The van der Waals surface area contributed by atoms with Crippen molar-refractivity contribution in [3.8, 4) is 0 Å². The zero-order valence-electron chi connectivity index (χ0n) is 14.2. The summed E-state index contributed by atoms with van der Waals surface area (Å²) in [7, 11) is -1.02. The molecule has 1 saturated heterocycles. The van der Waals surface area contributed by atoms with Crippen LogP contribution in [0.25, 0.3) is 0 Å². The number of methoxy groups -OCH3 is 2. The average molecular weight is 360 g/mol. The lowest BCUT2D eigenvalue weighted by molar-refractivity contribution is 0.0563. The third-order valence-corrected chi connectivity index (χ3v) is 5.57. The summed E-state index contributed by atoms with van der Waals surface area (Å²) in [6.07, 6.45) is 2.13. The fraction of sp³-hybridized carbons (Fsp3) is 0.667. The van der Waals surface area contributed by atoms with E-state index in [4.69, 9.17) is 9.15 Å². The first kappa shape index (κ1) is 18.9. The second-order valence-corrected chi connectivity index (χ2v) is 7.55. The molecule has 9 heteroatoms. The van der Waals surface area contributed by atoms with Gasteiger partial charge < -0.3 is 19.2 Å². The molecule has 0 spiro atoms. The number of ether oxygens (including phenoxy) is 2. The minimum Gasteiger partial charge on any atom is -0.463 e. The van der Waals surface area contributed by atoms with E-state index in [1.807, 2.05) is 0 Å². The monoisotopic (exact) mass is 360 g/mol. The van der Waals surface area contributed by atoms with Crippen LogP contribution in [0.2, 0.25) is 0 Å². The van der Waals surface area contributed by atoms with Gasteiger partial charge in [-0.3, -0.25) is 0 Å². The molecule has 136 valence electrons. The van der Waals surface area contributed by atoms with Crippen LogP contribution in [-0.2, 0) is 25.9 Å². The summed E-state index contributed by atoms with van der Waals surface area (Å²) in [5, 5.41) is 3.31. The number of hydrogen-bond acceptors (Lipinski definition) is 7. The van der Waals surface area contributed by atoms with Crippen LogP contribution in [0.5, 0.6) is 0 Å². The molecule has 1 aromatic rings. The van der Waals surface area contributed by atoms with Gasteiger partial charge in [-0.1, -0.05) is 6.92 Å². The number of rotatable bonds is 8. The van der Waals surface area contributed by atoms with Crippen LogP contribution in [0.15, 0.2) is 15.4 Å². The van der Waals surface area contributed by atoms with E-state index >= 15 is 0 Å². The fourth-order valence-electron chi connectivity index (χ4n) is 2.87. The molecule has 1 fully saturated rings. The topological polar surface area (TPSA) is 107 Å². The van der Waals surface area contributed by atoms with Gasteiger partial charge in [0.15, 0.2) is 0 Å². The first-order chi connectivity index (χ1) is 11.4. The molecule has 1 aliphatic heterocycles. The Kier molecular flexibility index (Phi) is 6.02. The van der Waals surface area contributed by atoms with Gasteiger partial charge in [-0.2, -0.15) is 0 Å². The van der Waals surface area contributed by atoms with Gasteiger partial charge in [-0.15, -0.1) is 0 Å². The smallest absolute Gasteiger partial charge is 0.373 e. The first-order valence-electron chi connectivity index (χ1n) is 7.82. The number of esters is 1. The predicted octanol–water partition coefficient (Wildman–Crippen LogP) is 0.675. The lowest BCUT2D eigenvalue weighted by atomic mass is 9.99. The second kappa shape index (κ2) is 7.64. The number of sulfonamides is 1. The maximum atomic E-state index is 12.6. The molecular formula is C15H24N2O6S. The van der Waals surface area contributed by atoms with E-state index in [9.17, 15) is 13.2 Å². The summed E-state index contributed by atoms with van der Waals surface area (Å²) in [5.41, 5.74) is -0.414. The van der Waals surface area contributed by atoms with Gasteiger partial charge in [0.2, 0.25) is 15.8 Å². The van der Waals surface area contributed by atoms with Crippen LogP contribution in [-0.4, -0.2) is 53.8 Å². The van der Waals surface area contributed by atoms with Gasteiger partial charge in [0, 0.05) is 26.1 Å². The summed E-state index contributed by atoms with van der Waals surface area (Å²) in [6.45, 7) is 3.19. The summed E-state index contributed by atoms with van der Waals surface area (Å²) >= 11 is 0. The van der Waals surface area contributed by atoms with Crippen molar-refractivity contribution in [3.05, 3.63) is 17.6 Å². The van der Waals surface area contributed by atoms with Crippen LogP contribution in [0, 0.1) is 0 Å². The molecule has 0 saturated carbocycles. The van der Waals surface area contributed by atoms with E-state index in [0.717, 1.165) is 19.4 Å². The third-order valence-electron chi connectivity index (χ3n) is 4.12. The molecule has 1 atom stereocenters. The van der Waals surface area contributed by atoms with E-state index in [2.05, 4.69) is 14.8 Å². The molecular weight excluding hydrogens is 336 g/mol. The van der Waals surface area contributed by atoms with Crippen molar-refractivity contribution in [2.75, 3.05) is 33.9 Å². The number of hydrogen-bond donors (Lipinski definition) is 2. The minimum atomic E-state index is -3.81. The van der Waals surface area contributed by atoms with Crippen molar-refractivity contribution in [3.63, 3.8) is 0 Å². The fourth-order valence-corrected chi connectivity index (χ4v) is 4.24. The molecule has 0 radical (unpaired) electrons. The number of carbonyl (C=O) groups excluding carboxylic acids is 1. The summed E-state index contributed by atoms with van der Waals surface area (Å²) in [5.74, 6) is -0.608. The van der Waals surface area contributed by atoms with Gasteiger partial charge in [0.25, 0.3) is 0 Å². The molecule has 0 bridgehead atoms. The minimum absolute atomic E-state index is 0.0315. The number of furan rings is 1. The van der Waals surface area contributed by atoms with E-state index in [1.165, 1.54) is 13.2 Å². The van der Waals surface area contributed by atoms with Crippen LogP contribution in [0.4, 0.5) is 0 Å². The van der Waals surface area contributed by atoms with Crippen molar-refractivity contribution in [1.82, 2.24) is 10.0 Å². The average Bonchev–Trinajstić information content (AvgIpc) is 3.20. The van der Waals surface area contributed by atoms with Crippen LogP contribution >= 0.6 is 0 Å². The maximum Gasteiger partial charge on any atom is 0.373 e. The Hall–Kier alpha value is -1.42. The number of carbonyl (C=O) groups is 1.